The standard InChI is InChI=1S/C39H27F/c1-39(2)35-17-8-7-13-28(35)29-20-18-25(22-36(29)39)37-31-14-5-6-15-32(31)38(34-23-26(40)19-21-33(34)37)30-16-9-11-24-10-3-4-12-27(24)30/h3-23H,1-2H3. The molecule has 40 heavy (non-hydrogen) atoms. The summed E-state index contributed by atoms with van der Waals surface area (Å²) >= 11 is 0. The van der Waals surface area contributed by atoms with E-state index in [2.05, 4.69) is 123 Å². The average molecular weight is 515 g/mol. The topological polar surface area (TPSA) is 0 Å². The first-order chi connectivity index (χ1) is 19.5. The normalized spacial score (nSPS) is 13.6. The van der Waals surface area contributed by atoms with Crippen LogP contribution >= 0.6 is 0 Å². The maximum absolute atomic E-state index is 15.0. The highest BCUT2D eigenvalue weighted by atomic mass is 19.1. The Labute approximate surface area is 233 Å². The molecule has 0 aliphatic heterocycles. The van der Waals surface area contributed by atoms with Crippen molar-refractivity contribution >= 4 is 32.3 Å². The first kappa shape index (κ1) is 23.2. The average Bonchev–Trinajstić information content (AvgIpc) is 3.22. The highest BCUT2D eigenvalue weighted by Crippen LogP contribution is 2.51. The molecule has 0 saturated heterocycles. The van der Waals surface area contributed by atoms with Gasteiger partial charge in [-0.3, -0.25) is 0 Å². The van der Waals surface area contributed by atoms with E-state index in [1.807, 2.05) is 6.07 Å². The number of halogens is 1. The molecule has 190 valence electrons. The second-order valence-electron chi connectivity index (χ2n) is 11.4. The van der Waals surface area contributed by atoms with Gasteiger partial charge in [-0.15, -0.1) is 0 Å². The van der Waals surface area contributed by atoms with Gasteiger partial charge in [-0.05, 0) is 95.0 Å². The molecule has 7 aromatic rings. The molecular weight excluding hydrogens is 487 g/mol. The van der Waals surface area contributed by atoms with Gasteiger partial charge in [0.1, 0.15) is 5.82 Å². The Morgan fingerprint density at radius 2 is 1.07 bits per heavy atom. The van der Waals surface area contributed by atoms with E-state index in [0.29, 0.717) is 0 Å². The van der Waals surface area contributed by atoms with Crippen LogP contribution in [-0.4, -0.2) is 0 Å². The van der Waals surface area contributed by atoms with Gasteiger partial charge in [0.05, 0.1) is 0 Å². The van der Waals surface area contributed by atoms with Crippen LogP contribution in [0.3, 0.4) is 0 Å². The molecule has 0 radical (unpaired) electrons. The van der Waals surface area contributed by atoms with Crippen LogP contribution in [0.2, 0.25) is 0 Å². The van der Waals surface area contributed by atoms with Crippen LogP contribution < -0.4 is 0 Å². The van der Waals surface area contributed by atoms with Crippen LogP contribution in [0, 0.1) is 5.82 Å². The quantitative estimate of drug-likeness (QED) is 0.201. The summed E-state index contributed by atoms with van der Waals surface area (Å²) in [6.45, 7) is 4.63. The predicted molar refractivity (Wildman–Crippen MR) is 167 cm³/mol. The van der Waals surface area contributed by atoms with Gasteiger partial charge in [0.15, 0.2) is 0 Å². The Morgan fingerprint density at radius 3 is 1.93 bits per heavy atom. The lowest BCUT2D eigenvalue weighted by Gasteiger charge is -2.23. The van der Waals surface area contributed by atoms with Gasteiger partial charge in [0.2, 0.25) is 0 Å². The summed E-state index contributed by atoms with van der Waals surface area (Å²) in [4.78, 5) is 0. The van der Waals surface area contributed by atoms with Crippen molar-refractivity contribution in [2.45, 2.75) is 19.3 Å². The fourth-order valence-corrected chi connectivity index (χ4v) is 7.05. The number of fused-ring (bicyclic) bond motifs is 6. The number of rotatable bonds is 2. The summed E-state index contributed by atoms with van der Waals surface area (Å²) in [7, 11) is 0. The van der Waals surface area contributed by atoms with Gasteiger partial charge < -0.3 is 0 Å². The molecule has 0 bridgehead atoms. The molecule has 0 amide bonds. The van der Waals surface area contributed by atoms with Crippen LogP contribution in [-0.2, 0) is 5.41 Å². The van der Waals surface area contributed by atoms with Crippen LogP contribution in [0.25, 0.3) is 65.7 Å². The molecule has 0 saturated carbocycles. The van der Waals surface area contributed by atoms with Gasteiger partial charge in [0.25, 0.3) is 0 Å². The van der Waals surface area contributed by atoms with E-state index in [9.17, 15) is 0 Å². The third-order valence-electron chi connectivity index (χ3n) is 8.92. The summed E-state index contributed by atoms with van der Waals surface area (Å²) in [5.74, 6) is -0.222. The van der Waals surface area contributed by atoms with Crippen molar-refractivity contribution in [2.24, 2.45) is 0 Å². The van der Waals surface area contributed by atoms with Crippen LogP contribution in [0.1, 0.15) is 25.0 Å². The zero-order chi connectivity index (χ0) is 27.0. The summed E-state index contributed by atoms with van der Waals surface area (Å²) < 4.78 is 15.0. The number of hydrogen-bond donors (Lipinski definition) is 0. The zero-order valence-corrected chi connectivity index (χ0v) is 22.5. The lowest BCUT2D eigenvalue weighted by molar-refractivity contribution is 0.630. The van der Waals surface area contributed by atoms with Gasteiger partial charge in [-0.25, -0.2) is 4.39 Å². The Hall–Kier alpha value is -4.75. The first-order valence-electron chi connectivity index (χ1n) is 13.9. The molecule has 1 heteroatoms. The Morgan fingerprint density at radius 1 is 0.450 bits per heavy atom. The SMILES string of the molecule is CC1(C)c2ccccc2-c2ccc(-c3c4ccccc4c(-c4cccc5ccccc45)c4cc(F)ccc34)cc21. The van der Waals surface area contributed by atoms with Gasteiger partial charge in [0, 0.05) is 5.41 Å². The summed E-state index contributed by atoms with van der Waals surface area (Å²) in [5.41, 5.74) is 9.76. The van der Waals surface area contributed by atoms with E-state index in [4.69, 9.17) is 0 Å². The van der Waals surface area contributed by atoms with E-state index in [1.165, 1.54) is 38.4 Å². The molecule has 0 spiro atoms. The van der Waals surface area contributed by atoms with Crippen molar-refractivity contribution in [3.05, 3.63) is 144 Å². The predicted octanol–water partition coefficient (Wildman–Crippen LogP) is 10.9. The van der Waals surface area contributed by atoms with E-state index in [-0.39, 0.29) is 11.2 Å². The van der Waals surface area contributed by atoms with Crippen molar-refractivity contribution in [2.75, 3.05) is 0 Å². The molecule has 7 aromatic carbocycles. The van der Waals surface area contributed by atoms with Gasteiger partial charge in [-0.1, -0.05) is 123 Å². The lowest BCUT2D eigenvalue weighted by atomic mass is 9.80. The summed E-state index contributed by atoms with van der Waals surface area (Å²) in [6, 6.07) is 44.4. The van der Waals surface area contributed by atoms with E-state index in [1.54, 1.807) is 12.1 Å². The fourth-order valence-electron chi connectivity index (χ4n) is 7.05. The maximum Gasteiger partial charge on any atom is 0.123 e. The van der Waals surface area contributed by atoms with Crippen LogP contribution in [0.15, 0.2) is 127 Å². The summed E-state index contributed by atoms with van der Waals surface area (Å²) in [5, 5.41) is 6.67. The van der Waals surface area contributed by atoms with Gasteiger partial charge >= 0.3 is 0 Å². The molecule has 0 atom stereocenters. The highest BCUT2D eigenvalue weighted by Gasteiger charge is 2.35. The minimum atomic E-state index is -0.222. The van der Waals surface area contributed by atoms with Crippen LogP contribution in [0.5, 0.6) is 0 Å². The molecule has 1 aliphatic carbocycles. The van der Waals surface area contributed by atoms with Gasteiger partial charge in [-0.2, -0.15) is 0 Å². The molecule has 0 N–H and O–H groups in total. The maximum atomic E-state index is 15.0. The smallest absolute Gasteiger partial charge is 0.123 e. The fraction of sp³-hybridized carbons (Fsp3) is 0.0769. The van der Waals surface area contributed by atoms with Crippen molar-refractivity contribution in [3.8, 4) is 33.4 Å². The summed E-state index contributed by atoms with van der Waals surface area (Å²) in [6.07, 6.45) is 0. The Balaban J connectivity index is 1.49. The van der Waals surface area contributed by atoms with E-state index >= 15 is 4.39 Å². The molecule has 0 heterocycles. The third-order valence-corrected chi connectivity index (χ3v) is 8.92. The minimum absolute atomic E-state index is 0.0947. The molecule has 0 fully saturated rings. The molecule has 1 aliphatic rings. The second-order valence-corrected chi connectivity index (χ2v) is 11.4. The Bertz CT molecular complexity index is 2140. The highest BCUT2D eigenvalue weighted by molar-refractivity contribution is 6.23. The van der Waals surface area contributed by atoms with Crippen molar-refractivity contribution in [3.63, 3.8) is 0 Å². The van der Waals surface area contributed by atoms with Crippen molar-refractivity contribution < 1.29 is 4.39 Å². The molecule has 8 rings (SSSR count). The molecular formula is C39H27F. The van der Waals surface area contributed by atoms with Crippen LogP contribution in [0.4, 0.5) is 4.39 Å². The first-order valence-corrected chi connectivity index (χ1v) is 13.9. The van der Waals surface area contributed by atoms with Crippen molar-refractivity contribution in [1.82, 2.24) is 0 Å². The van der Waals surface area contributed by atoms with E-state index < -0.39 is 0 Å². The van der Waals surface area contributed by atoms with E-state index in [0.717, 1.165) is 38.4 Å². The zero-order valence-electron chi connectivity index (χ0n) is 22.5. The molecule has 0 nitrogen and oxygen atoms in total. The number of hydrogen-bond acceptors (Lipinski definition) is 0. The number of benzene rings is 7. The van der Waals surface area contributed by atoms with Crippen molar-refractivity contribution in [1.29, 1.82) is 0 Å². The second kappa shape index (κ2) is 8.37. The Kier molecular flexibility index (Phi) is 4.85. The molecule has 0 unspecified atom stereocenters. The monoisotopic (exact) mass is 514 g/mol. The lowest BCUT2D eigenvalue weighted by Crippen LogP contribution is -2.14. The molecule has 0 aromatic heterocycles. The largest absolute Gasteiger partial charge is 0.207 e. The third kappa shape index (κ3) is 3.18. The minimum Gasteiger partial charge on any atom is -0.207 e.